The van der Waals surface area contributed by atoms with Crippen LogP contribution in [0.3, 0.4) is 0 Å². The summed E-state index contributed by atoms with van der Waals surface area (Å²) in [5.41, 5.74) is 8.52. The van der Waals surface area contributed by atoms with Gasteiger partial charge in [0, 0.05) is 11.8 Å². The highest BCUT2D eigenvalue weighted by Crippen LogP contribution is 2.40. The molecule has 6 nitrogen and oxygen atoms in total. The highest BCUT2D eigenvalue weighted by Gasteiger charge is 2.43. The van der Waals surface area contributed by atoms with Crippen LogP contribution in [0.25, 0.3) is 21.6 Å². The summed E-state index contributed by atoms with van der Waals surface area (Å²) < 4.78 is 52.3. The molecule has 4 aromatic rings. The summed E-state index contributed by atoms with van der Waals surface area (Å²) >= 11 is 0.988. The number of aliphatic carboxylic acids is 1. The largest absolute Gasteiger partial charge is 0.497 e. The Labute approximate surface area is 215 Å². The average molecular weight is 529 g/mol. The smallest absolute Gasteiger partial charge is 0.429 e. The molecule has 0 fully saturated rings. The van der Waals surface area contributed by atoms with Crippen LogP contribution in [0.15, 0.2) is 79.0 Å². The summed E-state index contributed by atoms with van der Waals surface area (Å²) in [5.74, 6) is -0.446. The maximum atomic E-state index is 13.9. The Morgan fingerprint density at radius 1 is 1.03 bits per heavy atom. The van der Waals surface area contributed by atoms with Gasteiger partial charge in [-0.3, -0.25) is 4.79 Å². The number of nitrogens with zero attached hydrogens (tertiary/aromatic N) is 1. The van der Waals surface area contributed by atoms with E-state index in [-0.39, 0.29) is 17.2 Å². The molecule has 1 aromatic heterocycles. The van der Waals surface area contributed by atoms with Crippen molar-refractivity contribution in [3.63, 3.8) is 0 Å². The lowest BCUT2D eigenvalue weighted by atomic mass is 10.0. The number of carboxylic acid groups (broad SMARTS) is 1. The number of halogens is 3. The number of benzene rings is 3. The Bertz CT molecular complexity index is 1360. The molecule has 0 bridgehead atoms. The molecule has 0 radical (unpaired) electrons. The van der Waals surface area contributed by atoms with Gasteiger partial charge in [0.2, 0.25) is 6.10 Å². The monoisotopic (exact) mass is 528 g/mol. The van der Waals surface area contributed by atoms with Crippen molar-refractivity contribution in [2.24, 2.45) is 5.73 Å². The first-order valence-electron chi connectivity index (χ1n) is 11.2. The van der Waals surface area contributed by atoms with Crippen LogP contribution in [0.5, 0.6) is 10.9 Å². The molecule has 3 aromatic carbocycles. The lowest BCUT2D eigenvalue weighted by Crippen LogP contribution is -2.32. The van der Waals surface area contributed by atoms with Crippen LogP contribution in [0.4, 0.5) is 13.2 Å². The van der Waals surface area contributed by atoms with Gasteiger partial charge in [-0.05, 0) is 40.8 Å². The predicted molar refractivity (Wildman–Crippen MR) is 135 cm³/mol. The van der Waals surface area contributed by atoms with Gasteiger partial charge in [-0.15, -0.1) is 0 Å². The molecule has 0 aliphatic rings. The summed E-state index contributed by atoms with van der Waals surface area (Å²) in [7, 11) is 1.55. The number of nitrogens with two attached hydrogens (primary N) is 1. The van der Waals surface area contributed by atoms with Gasteiger partial charge >= 0.3 is 12.1 Å². The molecule has 4 rings (SSSR count). The van der Waals surface area contributed by atoms with Gasteiger partial charge in [0.05, 0.1) is 12.0 Å². The second-order valence-corrected chi connectivity index (χ2v) is 9.22. The van der Waals surface area contributed by atoms with Crippen LogP contribution in [0.1, 0.15) is 17.2 Å². The molecule has 0 aliphatic carbocycles. The highest BCUT2D eigenvalue weighted by atomic mass is 32.1. The minimum atomic E-state index is -4.66. The first kappa shape index (κ1) is 26.2. The van der Waals surface area contributed by atoms with Crippen LogP contribution in [-0.4, -0.2) is 35.4 Å². The number of aromatic nitrogens is 1. The van der Waals surface area contributed by atoms with E-state index in [1.54, 1.807) is 55.6 Å². The molecule has 1 heterocycles. The molecule has 37 heavy (non-hydrogen) atoms. The van der Waals surface area contributed by atoms with Crippen LogP contribution in [0, 0.1) is 0 Å². The average Bonchev–Trinajstić information content (AvgIpc) is 3.36. The van der Waals surface area contributed by atoms with Crippen molar-refractivity contribution in [2.45, 2.75) is 24.7 Å². The Balaban J connectivity index is 1.50. The summed E-state index contributed by atoms with van der Waals surface area (Å²) in [6, 6.07) is 19.1. The number of carboxylic acids is 1. The second-order valence-electron chi connectivity index (χ2n) is 8.23. The topological polar surface area (TPSA) is 94.7 Å². The van der Waals surface area contributed by atoms with Crippen molar-refractivity contribution in [1.29, 1.82) is 0 Å². The van der Waals surface area contributed by atoms with Gasteiger partial charge in [-0.25, -0.2) is 4.98 Å². The Hall–Kier alpha value is -3.89. The van der Waals surface area contributed by atoms with Crippen LogP contribution in [0.2, 0.25) is 0 Å². The molecule has 0 saturated carbocycles. The van der Waals surface area contributed by atoms with Crippen molar-refractivity contribution in [3.8, 4) is 32.5 Å². The van der Waals surface area contributed by atoms with Gasteiger partial charge in [0.1, 0.15) is 11.8 Å². The van der Waals surface area contributed by atoms with E-state index in [9.17, 15) is 18.0 Å². The number of ether oxygens (including phenoxy) is 2. The lowest BCUT2D eigenvalue weighted by molar-refractivity contribution is -0.198. The first-order chi connectivity index (χ1) is 17.6. The second kappa shape index (κ2) is 11.0. The van der Waals surface area contributed by atoms with Crippen LogP contribution < -0.4 is 15.2 Å². The van der Waals surface area contributed by atoms with Gasteiger partial charge < -0.3 is 20.3 Å². The third kappa shape index (κ3) is 6.46. The number of alkyl halides is 3. The molecule has 192 valence electrons. The molecule has 2 atom stereocenters. The molecular formula is C27H23F3N2O4S. The van der Waals surface area contributed by atoms with E-state index < -0.39 is 24.3 Å². The van der Waals surface area contributed by atoms with E-state index >= 15 is 0 Å². The van der Waals surface area contributed by atoms with E-state index in [4.69, 9.17) is 20.3 Å². The van der Waals surface area contributed by atoms with E-state index in [1.807, 2.05) is 12.1 Å². The lowest BCUT2D eigenvalue weighted by Gasteiger charge is -2.21. The standard InChI is InChI=1S/C27H23F3N2O4S/c1-35-21-4-2-3-20(14-21)17-9-11-19(12-10-17)24(27(28,29)30)36-26-32-15-23(37-26)18-7-5-16(6-8-18)13-22(31)25(33)34/h2-12,14-15,22,24H,13,31H2,1H3,(H,33,34)/t22-,24?/m0/s1. The summed E-state index contributed by atoms with van der Waals surface area (Å²) in [6.07, 6.45) is -5.24. The van der Waals surface area contributed by atoms with Gasteiger partial charge in [0.15, 0.2) is 0 Å². The van der Waals surface area contributed by atoms with E-state index in [0.29, 0.717) is 16.2 Å². The van der Waals surface area contributed by atoms with Gasteiger partial charge in [-0.2, -0.15) is 13.2 Å². The fourth-order valence-electron chi connectivity index (χ4n) is 3.67. The van der Waals surface area contributed by atoms with Crippen molar-refractivity contribution < 1.29 is 32.5 Å². The highest BCUT2D eigenvalue weighted by molar-refractivity contribution is 7.16. The Morgan fingerprint density at radius 2 is 1.70 bits per heavy atom. The quantitative estimate of drug-likeness (QED) is 0.272. The normalized spacial score (nSPS) is 13.1. The summed E-state index contributed by atoms with van der Waals surface area (Å²) in [6.45, 7) is 0. The maximum Gasteiger partial charge on any atom is 0.429 e. The summed E-state index contributed by atoms with van der Waals surface area (Å²) in [5, 5.41) is 8.83. The van der Waals surface area contributed by atoms with E-state index in [0.717, 1.165) is 28.0 Å². The number of methoxy groups -OCH3 is 1. The molecule has 0 spiro atoms. The van der Waals surface area contributed by atoms with Gasteiger partial charge in [0.25, 0.3) is 5.19 Å². The van der Waals surface area contributed by atoms with Gasteiger partial charge in [-0.1, -0.05) is 72.0 Å². The number of thiazole rings is 1. The third-order valence-corrected chi connectivity index (χ3v) is 6.57. The summed E-state index contributed by atoms with van der Waals surface area (Å²) in [4.78, 5) is 15.6. The molecule has 0 amide bonds. The zero-order chi connectivity index (χ0) is 26.6. The van der Waals surface area contributed by atoms with Crippen molar-refractivity contribution >= 4 is 17.3 Å². The van der Waals surface area contributed by atoms with E-state index in [2.05, 4.69) is 4.98 Å². The Kier molecular flexibility index (Phi) is 7.80. The number of hydrogen-bond donors (Lipinski definition) is 2. The number of hydrogen-bond acceptors (Lipinski definition) is 6. The fourth-order valence-corrected chi connectivity index (χ4v) is 4.47. The zero-order valence-electron chi connectivity index (χ0n) is 19.6. The number of rotatable bonds is 9. The van der Waals surface area contributed by atoms with Crippen LogP contribution >= 0.6 is 11.3 Å². The van der Waals surface area contributed by atoms with Crippen LogP contribution in [-0.2, 0) is 11.2 Å². The maximum absolute atomic E-state index is 13.9. The van der Waals surface area contributed by atoms with Crippen molar-refractivity contribution in [3.05, 3.63) is 90.1 Å². The van der Waals surface area contributed by atoms with Crippen molar-refractivity contribution in [1.82, 2.24) is 4.98 Å². The SMILES string of the molecule is COc1cccc(-c2ccc(C(Oc3ncc(-c4ccc(C[C@H](N)C(=O)O)cc4)s3)C(F)(F)F)cc2)c1. The molecule has 10 heteroatoms. The molecule has 0 aliphatic heterocycles. The fraction of sp³-hybridized carbons (Fsp3) is 0.185. The molecule has 3 N–H and O–H groups in total. The van der Waals surface area contributed by atoms with Crippen molar-refractivity contribution in [2.75, 3.05) is 7.11 Å². The first-order valence-corrected chi connectivity index (χ1v) is 12.0. The Morgan fingerprint density at radius 3 is 2.32 bits per heavy atom. The minimum absolute atomic E-state index is 0.0463. The molecular weight excluding hydrogens is 505 g/mol. The zero-order valence-corrected chi connectivity index (χ0v) is 20.4. The minimum Gasteiger partial charge on any atom is -0.497 e. The number of carbonyl (C=O) groups is 1. The third-order valence-electron chi connectivity index (χ3n) is 5.63. The van der Waals surface area contributed by atoms with E-state index in [1.165, 1.54) is 18.3 Å². The molecule has 0 saturated heterocycles. The molecule has 1 unspecified atom stereocenters. The predicted octanol–water partition coefficient (Wildman–Crippen LogP) is 6.12.